The Morgan fingerprint density at radius 1 is 0.815 bits per heavy atom. The maximum absolute atomic E-state index is 3.90. The standard InChI is InChI=1S/C26H27N/c1-5-9-19-23(8-4)27(24(15-6-2)16-7-3)26-21-14-13-20-25(26)22-17-11-10-12-18-22/h5-21H,1-2H2,3-4H3/b16-7-,19-9-,23-8+,24-15+. The van der Waals surface area contributed by atoms with Gasteiger partial charge in [0.05, 0.1) is 5.69 Å². The molecule has 0 aliphatic carbocycles. The van der Waals surface area contributed by atoms with Gasteiger partial charge in [0, 0.05) is 17.0 Å². The van der Waals surface area contributed by atoms with Gasteiger partial charge in [0.2, 0.25) is 0 Å². The van der Waals surface area contributed by atoms with Crippen molar-refractivity contribution in [2.45, 2.75) is 13.8 Å². The van der Waals surface area contributed by atoms with E-state index in [0.717, 1.165) is 17.1 Å². The third-order valence-corrected chi connectivity index (χ3v) is 4.07. The van der Waals surface area contributed by atoms with Crippen LogP contribution in [0.25, 0.3) is 11.1 Å². The minimum absolute atomic E-state index is 1.04. The second-order valence-corrected chi connectivity index (χ2v) is 5.85. The van der Waals surface area contributed by atoms with Crippen LogP contribution in [-0.4, -0.2) is 0 Å². The molecule has 2 rings (SSSR count). The first-order valence-electron chi connectivity index (χ1n) is 9.12. The average Bonchev–Trinajstić information content (AvgIpc) is 2.72. The zero-order valence-corrected chi connectivity index (χ0v) is 16.2. The molecule has 0 amide bonds. The van der Waals surface area contributed by atoms with Gasteiger partial charge < -0.3 is 4.90 Å². The molecule has 0 radical (unpaired) electrons. The number of hydrogen-bond acceptors (Lipinski definition) is 1. The van der Waals surface area contributed by atoms with Gasteiger partial charge in [-0.05, 0) is 43.7 Å². The van der Waals surface area contributed by atoms with Crippen LogP contribution < -0.4 is 4.90 Å². The number of anilines is 1. The van der Waals surface area contributed by atoms with Crippen LogP contribution in [-0.2, 0) is 0 Å². The predicted molar refractivity (Wildman–Crippen MR) is 121 cm³/mol. The molecule has 0 aromatic heterocycles. The highest BCUT2D eigenvalue weighted by atomic mass is 15.2. The number of hydrogen-bond donors (Lipinski definition) is 0. The van der Waals surface area contributed by atoms with E-state index in [1.807, 2.05) is 44.2 Å². The van der Waals surface area contributed by atoms with Gasteiger partial charge in [0.25, 0.3) is 0 Å². The van der Waals surface area contributed by atoms with Crippen molar-refractivity contribution >= 4 is 5.69 Å². The van der Waals surface area contributed by atoms with Crippen LogP contribution in [0, 0.1) is 0 Å². The van der Waals surface area contributed by atoms with E-state index >= 15 is 0 Å². The van der Waals surface area contributed by atoms with Crippen LogP contribution in [0.3, 0.4) is 0 Å². The molecule has 0 spiro atoms. The summed E-state index contributed by atoms with van der Waals surface area (Å²) in [6, 6.07) is 18.9. The van der Waals surface area contributed by atoms with Crippen molar-refractivity contribution in [2.75, 3.05) is 4.90 Å². The fourth-order valence-electron chi connectivity index (χ4n) is 2.92. The van der Waals surface area contributed by atoms with Crippen LogP contribution in [0.5, 0.6) is 0 Å². The van der Waals surface area contributed by atoms with E-state index < -0.39 is 0 Å². The summed E-state index contributed by atoms with van der Waals surface area (Å²) in [6.07, 6.45) is 15.9. The summed E-state index contributed by atoms with van der Waals surface area (Å²) in [6.45, 7) is 11.8. The lowest BCUT2D eigenvalue weighted by Crippen LogP contribution is -2.20. The molecule has 0 aliphatic heterocycles. The summed E-state index contributed by atoms with van der Waals surface area (Å²) in [5.41, 5.74) is 5.56. The highest BCUT2D eigenvalue weighted by molar-refractivity contribution is 5.82. The van der Waals surface area contributed by atoms with Crippen molar-refractivity contribution in [3.63, 3.8) is 0 Å². The lowest BCUT2D eigenvalue weighted by atomic mass is 10.0. The van der Waals surface area contributed by atoms with Crippen molar-refractivity contribution in [2.24, 2.45) is 0 Å². The molecule has 2 aromatic carbocycles. The second-order valence-electron chi connectivity index (χ2n) is 5.85. The SMILES string of the molecule is C=C/C=C\C(=C/C)N(C(/C=C\C)=C/C=C)c1ccccc1-c1ccccc1. The minimum atomic E-state index is 1.04. The fraction of sp³-hybridized carbons (Fsp3) is 0.0769. The zero-order chi connectivity index (χ0) is 19.5. The number of para-hydroxylation sites is 1. The molecule has 2 aromatic rings. The molecule has 0 saturated heterocycles. The Morgan fingerprint density at radius 2 is 1.52 bits per heavy atom. The van der Waals surface area contributed by atoms with Gasteiger partial charge in [0.1, 0.15) is 0 Å². The monoisotopic (exact) mass is 353 g/mol. The van der Waals surface area contributed by atoms with Gasteiger partial charge in [0.15, 0.2) is 0 Å². The van der Waals surface area contributed by atoms with Crippen molar-refractivity contribution < 1.29 is 0 Å². The smallest absolute Gasteiger partial charge is 0.0539 e. The van der Waals surface area contributed by atoms with Crippen molar-refractivity contribution in [3.05, 3.63) is 128 Å². The van der Waals surface area contributed by atoms with Gasteiger partial charge in [-0.2, -0.15) is 0 Å². The maximum Gasteiger partial charge on any atom is 0.0539 e. The zero-order valence-electron chi connectivity index (χ0n) is 16.2. The highest BCUT2D eigenvalue weighted by Crippen LogP contribution is 2.35. The maximum atomic E-state index is 3.90. The highest BCUT2D eigenvalue weighted by Gasteiger charge is 2.17. The van der Waals surface area contributed by atoms with Crippen molar-refractivity contribution in [1.29, 1.82) is 0 Å². The van der Waals surface area contributed by atoms with E-state index in [1.165, 1.54) is 11.1 Å². The molecule has 27 heavy (non-hydrogen) atoms. The normalized spacial score (nSPS) is 12.5. The van der Waals surface area contributed by atoms with E-state index in [4.69, 9.17) is 0 Å². The molecular weight excluding hydrogens is 326 g/mol. The quantitative estimate of drug-likeness (QED) is 0.445. The van der Waals surface area contributed by atoms with Crippen LogP contribution in [0.1, 0.15) is 13.8 Å². The van der Waals surface area contributed by atoms with Crippen molar-refractivity contribution in [3.8, 4) is 11.1 Å². The van der Waals surface area contributed by atoms with Crippen LogP contribution in [0.4, 0.5) is 5.69 Å². The van der Waals surface area contributed by atoms with Crippen molar-refractivity contribution in [1.82, 2.24) is 0 Å². The molecule has 0 atom stereocenters. The first-order valence-corrected chi connectivity index (χ1v) is 9.12. The molecule has 1 nitrogen and oxygen atoms in total. The molecular formula is C26H27N. The molecule has 0 unspecified atom stereocenters. The van der Waals surface area contributed by atoms with Crippen LogP contribution in [0.2, 0.25) is 0 Å². The Hall–Kier alpha value is -3.32. The fourth-order valence-corrected chi connectivity index (χ4v) is 2.92. The summed E-state index contributed by atoms with van der Waals surface area (Å²) in [7, 11) is 0. The Labute approximate surface area is 163 Å². The van der Waals surface area contributed by atoms with Crippen LogP contribution >= 0.6 is 0 Å². The van der Waals surface area contributed by atoms with Gasteiger partial charge in [-0.25, -0.2) is 0 Å². The van der Waals surface area contributed by atoms with E-state index in [9.17, 15) is 0 Å². The average molecular weight is 354 g/mol. The lowest BCUT2D eigenvalue weighted by Gasteiger charge is -2.29. The third kappa shape index (κ3) is 5.08. The third-order valence-electron chi connectivity index (χ3n) is 4.07. The van der Waals surface area contributed by atoms with Crippen LogP contribution in [0.15, 0.2) is 128 Å². The first-order chi connectivity index (χ1) is 13.3. The van der Waals surface area contributed by atoms with E-state index in [0.29, 0.717) is 0 Å². The molecule has 136 valence electrons. The van der Waals surface area contributed by atoms with E-state index in [1.54, 1.807) is 6.08 Å². The number of nitrogens with zero attached hydrogens (tertiary/aromatic N) is 1. The molecule has 0 bridgehead atoms. The predicted octanol–water partition coefficient (Wildman–Crippen LogP) is 7.45. The first kappa shape index (κ1) is 20.0. The van der Waals surface area contributed by atoms with E-state index in [-0.39, 0.29) is 0 Å². The van der Waals surface area contributed by atoms with Gasteiger partial charge in [-0.1, -0.05) is 92.1 Å². The minimum Gasteiger partial charge on any atom is -0.310 e. The van der Waals surface area contributed by atoms with E-state index in [2.05, 4.69) is 84.8 Å². The number of rotatable bonds is 8. The van der Waals surface area contributed by atoms with Gasteiger partial charge >= 0.3 is 0 Å². The summed E-state index contributed by atoms with van der Waals surface area (Å²) in [5, 5.41) is 0. The molecule has 0 fully saturated rings. The number of benzene rings is 2. The topological polar surface area (TPSA) is 3.24 Å². The molecule has 0 N–H and O–H groups in total. The largest absolute Gasteiger partial charge is 0.310 e. The summed E-state index contributed by atoms with van der Waals surface area (Å²) in [5.74, 6) is 0. The molecule has 1 heteroatoms. The molecule has 0 saturated carbocycles. The Kier molecular flexibility index (Phi) is 7.87. The lowest BCUT2D eigenvalue weighted by molar-refractivity contribution is 1.13. The number of allylic oxidation sites excluding steroid dienone is 8. The molecule has 0 heterocycles. The Bertz CT molecular complexity index is 879. The molecule has 0 aliphatic rings. The second kappa shape index (κ2) is 10.6. The van der Waals surface area contributed by atoms with Gasteiger partial charge in [-0.3, -0.25) is 0 Å². The summed E-state index contributed by atoms with van der Waals surface area (Å²) >= 11 is 0. The summed E-state index contributed by atoms with van der Waals surface area (Å²) in [4.78, 5) is 2.24. The Balaban J connectivity index is 2.75. The van der Waals surface area contributed by atoms with Gasteiger partial charge in [-0.15, -0.1) is 0 Å². The summed E-state index contributed by atoms with van der Waals surface area (Å²) < 4.78 is 0. The Morgan fingerprint density at radius 3 is 2.15 bits per heavy atom.